The van der Waals surface area contributed by atoms with Crippen LogP contribution in [0.3, 0.4) is 0 Å². The van der Waals surface area contributed by atoms with Crippen molar-refractivity contribution >= 4 is 34.0 Å². The van der Waals surface area contributed by atoms with Crippen molar-refractivity contribution in [3.05, 3.63) is 60.7 Å². The highest BCUT2D eigenvalue weighted by Crippen LogP contribution is 2.41. The lowest BCUT2D eigenvalue weighted by Crippen LogP contribution is -2.05. The maximum absolute atomic E-state index is 11.3. The predicted octanol–water partition coefficient (Wildman–Crippen LogP) is 5.56. The topological polar surface area (TPSA) is 84.6 Å². The number of benzene rings is 3. The number of aromatic amines is 1. The maximum Gasteiger partial charge on any atom is 0.221 e. The molecule has 0 bridgehead atoms. The third-order valence-electron chi connectivity index (χ3n) is 5.12. The monoisotopic (exact) mass is 431 g/mol. The zero-order valence-corrected chi connectivity index (χ0v) is 18.4. The highest BCUT2D eigenvalue weighted by atomic mass is 16.5. The van der Waals surface area contributed by atoms with Crippen LogP contribution in [0.1, 0.15) is 6.92 Å². The molecule has 0 aliphatic heterocycles. The Morgan fingerprint density at radius 2 is 1.53 bits per heavy atom. The Kier molecular flexibility index (Phi) is 5.89. The Bertz CT molecular complexity index is 1240. The molecule has 0 saturated carbocycles. The summed E-state index contributed by atoms with van der Waals surface area (Å²) in [6, 6.07) is 19.7. The Labute approximate surface area is 186 Å². The molecule has 7 nitrogen and oxygen atoms in total. The molecule has 0 aliphatic rings. The van der Waals surface area contributed by atoms with E-state index in [9.17, 15) is 4.79 Å². The molecule has 0 spiro atoms. The summed E-state index contributed by atoms with van der Waals surface area (Å²) in [5.74, 6) is 2.43. The number of rotatable bonds is 7. The van der Waals surface area contributed by atoms with Crippen LogP contribution in [-0.2, 0) is 4.79 Å². The third-order valence-corrected chi connectivity index (χ3v) is 5.12. The molecule has 1 amide bonds. The van der Waals surface area contributed by atoms with Gasteiger partial charge in [0, 0.05) is 41.4 Å². The summed E-state index contributed by atoms with van der Waals surface area (Å²) in [7, 11) is 4.76. The molecule has 1 aromatic heterocycles. The molecule has 164 valence electrons. The van der Waals surface area contributed by atoms with E-state index in [4.69, 9.17) is 14.2 Å². The van der Waals surface area contributed by atoms with Gasteiger partial charge in [-0.25, -0.2) is 0 Å². The molecular weight excluding hydrogens is 406 g/mol. The number of para-hydroxylation sites is 1. The van der Waals surface area contributed by atoms with Gasteiger partial charge in [0.1, 0.15) is 5.82 Å². The minimum atomic E-state index is -0.0910. The second kappa shape index (κ2) is 8.93. The first kappa shape index (κ1) is 21.1. The lowest BCUT2D eigenvalue weighted by Gasteiger charge is -2.14. The highest BCUT2D eigenvalue weighted by molar-refractivity contribution is 5.97. The molecule has 7 heteroatoms. The molecule has 3 N–H and O–H groups in total. The zero-order chi connectivity index (χ0) is 22.7. The molecule has 3 aromatic carbocycles. The van der Waals surface area contributed by atoms with Gasteiger partial charge in [0.15, 0.2) is 11.5 Å². The minimum absolute atomic E-state index is 0.0910. The molecule has 1 heterocycles. The number of ether oxygens (including phenoxy) is 3. The summed E-state index contributed by atoms with van der Waals surface area (Å²) in [5, 5.41) is 7.25. The summed E-state index contributed by atoms with van der Waals surface area (Å²) in [6.07, 6.45) is 0. The van der Waals surface area contributed by atoms with Gasteiger partial charge in [-0.05, 0) is 23.8 Å². The number of hydrogen-bond acceptors (Lipinski definition) is 5. The van der Waals surface area contributed by atoms with E-state index < -0.39 is 0 Å². The van der Waals surface area contributed by atoms with E-state index in [1.54, 1.807) is 21.3 Å². The van der Waals surface area contributed by atoms with Gasteiger partial charge < -0.3 is 29.8 Å². The van der Waals surface area contributed by atoms with Crippen molar-refractivity contribution in [2.75, 3.05) is 32.0 Å². The Morgan fingerprint density at radius 1 is 0.844 bits per heavy atom. The van der Waals surface area contributed by atoms with Crippen molar-refractivity contribution in [3.63, 3.8) is 0 Å². The number of nitrogens with one attached hydrogen (secondary N) is 3. The van der Waals surface area contributed by atoms with Crippen molar-refractivity contribution in [1.29, 1.82) is 0 Å². The summed E-state index contributed by atoms with van der Waals surface area (Å²) in [4.78, 5) is 14.7. The van der Waals surface area contributed by atoms with Gasteiger partial charge in [-0.2, -0.15) is 0 Å². The van der Waals surface area contributed by atoms with E-state index in [0.717, 1.165) is 39.2 Å². The maximum atomic E-state index is 11.3. The number of anilines is 3. The Balaban J connectivity index is 1.67. The van der Waals surface area contributed by atoms with E-state index in [2.05, 4.69) is 27.8 Å². The average Bonchev–Trinajstić information content (AvgIpc) is 3.21. The molecule has 4 aromatic rings. The largest absolute Gasteiger partial charge is 0.493 e. The molecule has 0 atom stereocenters. The number of carbonyl (C=O) groups is 1. The van der Waals surface area contributed by atoms with E-state index >= 15 is 0 Å². The van der Waals surface area contributed by atoms with Crippen LogP contribution in [-0.4, -0.2) is 32.2 Å². The van der Waals surface area contributed by atoms with Crippen LogP contribution in [0.15, 0.2) is 60.7 Å². The van der Waals surface area contributed by atoms with E-state index in [1.807, 2.05) is 48.5 Å². The van der Waals surface area contributed by atoms with Crippen LogP contribution < -0.4 is 24.8 Å². The third kappa shape index (κ3) is 4.18. The van der Waals surface area contributed by atoms with Gasteiger partial charge in [0.25, 0.3) is 0 Å². The molecule has 4 rings (SSSR count). The number of carbonyl (C=O) groups excluding carboxylic acids is 1. The fourth-order valence-electron chi connectivity index (χ4n) is 3.71. The normalized spacial score (nSPS) is 10.6. The molecule has 0 aliphatic carbocycles. The van der Waals surface area contributed by atoms with Gasteiger partial charge >= 0.3 is 0 Å². The molecule has 32 heavy (non-hydrogen) atoms. The fourth-order valence-corrected chi connectivity index (χ4v) is 3.71. The van der Waals surface area contributed by atoms with E-state index in [0.29, 0.717) is 17.2 Å². The number of fused-ring (bicyclic) bond motifs is 1. The number of H-pyrrole nitrogens is 1. The summed E-state index contributed by atoms with van der Waals surface area (Å²) < 4.78 is 16.3. The number of hydrogen-bond donors (Lipinski definition) is 3. The smallest absolute Gasteiger partial charge is 0.221 e. The van der Waals surface area contributed by atoms with Crippen LogP contribution in [0.4, 0.5) is 17.2 Å². The van der Waals surface area contributed by atoms with Gasteiger partial charge in [0.2, 0.25) is 11.7 Å². The quantitative estimate of drug-likeness (QED) is 0.357. The van der Waals surface area contributed by atoms with Crippen LogP contribution in [0.5, 0.6) is 17.2 Å². The van der Waals surface area contributed by atoms with E-state index in [1.165, 1.54) is 6.92 Å². The lowest BCUT2D eigenvalue weighted by atomic mass is 10.0. The molecule has 0 fully saturated rings. The fraction of sp³-hybridized carbons (Fsp3) is 0.160. The zero-order valence-electron chi connectivity index (χ0n) is 18.4. The van der Waals surface area contributed by atoms with Crippen molar-refractivity contribution in [3.8, 4) is 28.4 Å². The van der Waals surface area contributed by atoms with Crippen LogP contribution in [0, 0.1) is 0 Å². The lowest BCUT2D eigenvalue weighted by molar-refractivity contribution is -0.114. The molecular formula is C25H25N3O4. The van der Waals surface area contributed by atoms with Crippen molar-refractivity contribution in [2.24, 2.45) is 0 Å². The number of methoxy groups -OCH3 is 3. The first-order valence-corrected chi connectivity index (χ1v) is 10.1. The molecule has 0 unspecified atom stereocenters. The van der Waals surface area contributed by atoms with Crippen LogP contribution in [0.2, 0.25) is 0 Å². The average molecular weight is 431 g/mol. The summed E-state index contributed by atoms with van der Waals surface area (Å²) in [5.41, 5.74) is 4.69. The van der Waals surface area contributed by atoms with Crippen molar-refractivity contribution < 1.29 is 19.0 Å². The second-order valence-corrected chi connectivity index (χ2v) is 7.25. The first-order valence-electron chi connectivity index (χ1n) is 10.1. The van der Waals surface area contributed by atoms with Crippen LogP contribution >= 0.6 is 0 Å². The molecule has 0 saturated heterocycles. The number of aromatic nitrogens is 1. The van der Waals surface area contributed by atoms with E-state index in [-0.39, 0.29) is 5.91 Å². The molecule has 0 radical (unpaired) electrons. The number of amides is 1. The Morgan fingerprint density at radius 3 is 2.12 bits per heavy atom. The van der Waals surface area contributed by atoms with Gasteiger partial charge in [-0.1, -0.05) is 30.3 Å². The SMILES string of the molecule is COc1cc(Nc2cc3cccc(-c4ccc(NC(C)=O)cc4)c3[nH]2)cc(OC)c1OC. The first-order chi connectivity index (χ1) is 15.5. The van der Waals surface area contributed by atoms with Gasteiger partial charge in [0.05, 0.1) is 26.8 Å². The summed E-state index contributed by atoms with van der Waals surface area (Å²) in [6.45, 7) is 1.50. The van der Waals surface area contributed by atoms with Crippen molar-refractivity contribution in [2.45, 2.75) is 6.92 Å². The highest BCUT2D eigenvalue weighted by Gasteiger charge is 2.14. The summed E-state index contributed by atoms with van der Waals surface area (Å²) >= 11 is 0. The van der Waals surface area contributed by atoms with Gasteiger partial charge in [-0.15, -0.1) is 0 Å². The standard InChI is InChI=1S/C25H25N3O4/c1-15(29)26-18-10-8-16(9-11-18)20-7-5-6-17-12-23(28-24(17)20)27-19-13-21(30-2)25(32-4)22(14-19)31-3/h5-14,27-28H,1-4H3,(H,26,29). The van der Waals surface area contributed by atoms with Crippen molar-refractivity contribution in [1.82, 2.24) is 4.98 Å². The van der Waals surface area contributed by atoms with Gasteiger partial charge in [-0.3, -0.25) is 4.79 Å². The predicted molar refractivity (Wildman–Crippen MR) is 127 cm³/mol. The second-order valence-electron chi connectivity index (χ2n) is 7.25. The Hall–Kier alpha value is -4.13. The van der Waals surface area contributed by atoms with Crippen LogP contribution in [0.25, 0.3) is 22.0 Å². The minimum Gasteiger partial charge on any atom is -0.493 e.